The van der Waals surface area contributed by atoms with Gasteiger partial charge in [-0.05, 0) is 54.6 Å². The Hall–Kier alpha value is -2.54. The number of anilines is 2. The third-order valence-electron chi connectivity index (χ3n) is 3.84. The molecule has 0 atom stereocenters. The summed E-state index contributed by atoms with van der Waals surface area (Å²) < 4.78 is 27.3. The van der Waals surface area contributed by atoms with Crippen molar-refractivity contribution in [2.75, 3.05) is 16.2 Å². The van der Waals surface area contributed by atoms with Crippen molar-refractivity contribution in [2.24, 2.45) is 0 Å². The molecule has 0 radical (unpaired) electrons. The Kier molecular flexibility index (Phi) is 6.24. The lowest BCUT2D eigenvalue weighted by Gasteiger charge is -2.24. The van der Waals surface area contributed by atoms with Crippen molar-refractivity contribution in [2.45, 2.75) is 4.90 Å². The van der Waals surface area contributed by atoms with Crippen LogP contribution in [0.2, 0.25) is 10.0 Å². The summed E-state index contributed by atoms with van der Waals surface area (Å²) in [5.74, 6) is -0.503. The molecule has 8 heteroatoms. The summed E-state index contributed by atoms with van der Waals surface area (Å²) in [6.45, 7) is -0.411. The zero-order chi connectivity index (χ0) is 20.1. The van der Waals surface area contributed by atoms with Crippen LogP contribution in [0.1, 0.15) is 0 Å². The monoisotopic (exact) mass is 434 g/mol. The zero-order valence-electron chi connectivity index (χ0n) is 14.5. The molecule has 3 aromatic rings. The molecule has 0 aromatic heterocycles. The summed E-state index contributed by atoms with van der Waals surface area (Å²) >= 11 is 11.8. The van der Waals surface area contributed by atoms with Gasteiger partial charge in [0.1, 0.15) is 6.54 Å². The Bertz CT molecular complexity index is 1070. The van der Waals surface area contributed by atoms with Gasteiger partial charge in [0, 0.05) is 15.7 Å². The highest BCUT2D eigenvalue weighted by Gasteiger charge is 2.27. The van der Waals surface area contributed by atoms with E-state index < -0.39 is 22.5 Å². The van der Waals surface area contributed by atoms with Crippen molar-refractivity contribution < 1.29 is 13.2 Å². The number of nitrogens with zero attached hydrogens (tertiary/aromatic N) is 1. The molecule has 0 spiro atoms. The molecule has 0 aliphatic heterocycles. The second kappa shape index (κ2) is 8.65. The van der Waals surface area contributed by atoms with Gasteiger partial charge in [-0.15, -0.1) is 0 Å². The smallest absolute Gasteiger partial charge is 0.264 e. The van der Waals surface area contributed by atoms with Crippen LogP contribution >= 0.6 is 23.2 Å². The van der Waals surface area contributed by atoms with Gasteiger partial charge in [-0.3, -0.25) is 9.10 Å². The van der Waals surface area contributed by atoms with E-state index in [0.29, 0.717) is 21.4 Å². The minimum Gasteiger partial charge on any atom is -0.324 e. The number of benzene rings is 3. The molecule has 5 nitrogen and oxygen atoms in total. The van der Waals surface area contributed by atoms with Crippen LogP contribution in [0.5, 0.6) is 0 Å². The van der Waals surface area contributed by atoms with Crippen molar-refractivity contribution in [3.05, 3.63) is 88.9 Å². The Balaban J connectivity index is 1.92. The maximum atomic E-state index is 13.2. The van der Waals surface area contributed by atoms with Crippen LogP contribution in [0.15, 0.2) is 83.8 Å². The highest BCUT2D eigenvalue weighted by atomic mass is 35.5. The number of amides is 1. The van der Waals surface area contributed by atoms with E-state index in [2.05, 4.69) is 5.32 Å². The normalized spacial score (nSPS) is 11.1. The maximum Gasteiger partial charge on any atom is 0.264 e. The number of halogens is 2. The molecular formula is C20H16Cl2N2O3S. The molecule has 0 aliphatic rings. The Morgan fingerprint density at radius 2 is 1.54 bits per heavy atom. The molecule has 0 saturated carbocycles. The number of sulfonamides is 1. The molecule has 0 aliphatic carbocycles. The first-order valence-corrected chi connectivity index (χ1v) is 10.4. The van der Waals surface area contributed by atoms with Gasteiger partial charge in [0.05, 0.1) is 10.6 Å². The summed E-state index contributed by atoms with van der Waals surface area (Å²) in [4.78, 5) is 12.6. The van der Waals surface area contributed by atoms with Gasteiger partial charge in [0.2, 0.25) is 5.91 Å². The third-order valence-corrected chi connectivity index (χ3v) is 6.12. The second-order valence-corrected chi connectivity index (χ2v) is 8.59. The molecule has 0 unspecified atom stereocenters. The first-order valence-electron chi connectivity index (χ1n) is 8.25. The molecule has 0 heterocycles. The second-order valence-electron chi connectivity index (χ2n) is 5.86. The van der Waals surface area contributed by atoms with Crippen LogP contribution in [0.4, 0.5) is 11.4 Å². The fourth-order valence-corrected chi connectivity index (χ4v) is 4.30. The highest BCUT2D eigenvalue weighted by molar-refractivity contribution is 7.92. The summed E-state index contributed by atoms with van der Waals surface area (Å²) in [5.41, 5.74) is 0.806. The fourth-order valence-electron chi connectivity index (χ4n) is 2.54. The fraction of sp³-hybridized carbons (Fsp3) is 0.0500. The number of nitrogens with one attached hydrogen (secondary N) is 1. The van der Waals surface area contributed by atoms with Gasteiger partial charge in [-0.1, -0.05) is 47.5 Å². The quantitative estimate of drug-likeness (QED) is 0.603. The highest BCUT2D eigenvalue weighted by Crippen LogP contribution is 2.25. The number of rotatable bonds is 6. The first-order chi connectivity index (χ1) is 13.4. The van der Waals surface area contributed by atoms with E-state index in [1.165, 1.54) is 12.1 Å². The van der Waals surface area contributed by atoms with E-state index in [-0.39, 0.29) is 4.90 Å². The molecule has 3 rings (SSSR count). The van der Waals surface area contributed by atoms with Crippen molar-refractivity contribution in [1.82, 2.24) is 0 Å². The van der Waals surface area contributed by atoms with E-state index in [4.69, 9.17) is 23.2 Å². The maximum absolute atomic E-state index is 13.2. The van der Waals surface area contributed by atoms with Crippen LogP contribution < -0.4 is 9.62 Å². The van der Waals surface area contributed by atoms with Gasteiger partial charge in [-0.25, -0.2) is 8.42 Å². The van der Waals surface area contributed by atoms with Gasteiger partial charge in [-0.2, -0.15) is 0 Å². The number of carbonyl (C=O) groups excluding carboxylic acids is 1. The van der Waals surface area contributed by atoms with Crippen LogP contribution in [0, 0.1) is 0 Å². The lowest BCUT2D eigenvalue weighted by molar-refractivity contribution is -0.114. The summed E-state index contributed by atoms with van der Waals surface area (Å²) in [5, 5.41) is 3.59. The van der Waals surface area contributed by atoms with Gasteiger partial charge >= 0.3 is 0 Å². The molecular weight excluding hydrogens is 419 g/mol. The van der Waals surface area contributed by atoms with Crippen molar-refractivity contribution in [3.63, 3.8) is 0 Å². The predicted molar refractivity (Wildman–Crippen MR) is 113 cm³/mol. The Morgan fingerprint density at radius 1 is 0.857 bits per heavy atom. The molecule has 0 bridgehead atoms. The minimum absolute atomic E-state index is 0.0838. The molecule has 144 valence electrons. The average Bonchev–Trinajstić information content (AvgIpc) is 2.67. The molecule has 3 aromatic carbocycles. The molecule has 0 fully saturated rings. The Labute approximate surface area is 173 Å². The molecule has 28 heavy (non-hydrogen) atoms. The topological polar surface area (TPSA) is 66.5 Å². The van der Waals surface area contributed by atoms with E-state index in [1.54, 1.807) is 66.7 Å². The molecule has 0 saturated heterocycles. The predicted octanol–water partition coefficient (Wildman–Crippen LogP) is 4.83. The van der Waals surface area contributed by atoms with Crippen LogP contribution in [0.3, 0.4) is 0 Å². The van der Waals surface area contributed by atoms with E-state index in [0.717, 1.165) is 4.31 Å². The summed E-state index contributed by atoms with van der Waals surface area (Å²) in [6.07, 6.45) is 0. The average molecular weight is 435 g/mol. The number of carbonyl (C=O) groups is 1. The standard InChI is InChI=1S/C20H16Cl2N2O3S/c21-15-9-11-18(12-10-15)24(28(26,27)19-7-2-1-3-8-19)14-20(25)23-17-6-4-5-16(22)13-17/h1-13H,14H2,(H,23,25). The van der Waals surface area contributed by atoms with E-state index in [1.807, 2.05) is 0 Å². The van der Waals surface area contributed by atoms with Gasteiger partial charge in [0.25, 0.3) is 10.0 Å². The zero-order valence-corrected chi connectivity index (χ0v) is 16.9. The van der Waals surface area contributed by atoms with Crippen molar-refractivity contribution in [3.8, 4) is 0 Å². The summed E-state index contributed by atoms with van der Waals surface area (Å²) in [7, 11) is -3.96. The van der Waals surface area contributed by atoms with Crippen LogP contribution in [0.25, 0.3) is 0 Å². The molecule has 1 amide bonds. The van der Waals surface area contributed by atoms with Gasteiger partial charge in [0.15, 0.2) is 0 Å². The van der Waals surface area contributed by atoms with Crippen LogP contribution in [-0.2, 0) is 14.8 Å². The Morgan fingerprint density at radius 3 is 2.18 bits per heavy atom. The minimum atomic E-state index is -3.96. The van der Waals surface area contributed by atoms with Gasteiger partial charge < -0.3 is 5.32 Å². The lowest BCUT2D eigenvalue weighted by atomic mass is 10.3. The number of hydrogen-bond acceptors (Lipinski definition) is 3. The molecule has 1 N–H and O–H groups in total. The van der Waals surface area contributed by atoms with E-state index >= 15 is 0 Å². The SMILES string of the molecule is O=C(CN(c1ccc(Cl)cc1)S(=O)(=O)c1ccccc1)Nc1cccc(Cl)c1. The lowest BCUT2D eigenvalue weighted by Crippen LogP contribution is -2.38. The van der Waals surface area contributed by atoms with Crippen LogP contribution in [-0.4, -0.2) is 20.9 Å². The largest absolute Gasteiger partial charge is 0.324 e. The van der Waals surface area contributed by atoms with Crippen molar-refractivity contribution >= 4 is 50.5 Å². The summed E-state index contributed by atoms with van der Waals surface area (Å²) in [6, 6.07) is 20.8. The van der Waals surface area contributed by atoms with Crippen molar-refractivity contribution in [1.29, 1.82) is 0 Å². The third kappa shape index (κ3) is 4.84. The van der Waals surface area contributed by atoms with E-state index in [9.17, 15) is 13.2 Å². The first kappa shape index (κ1) is 20.2. The number of hydrogen-bond donors (Lipinski definition) is 1.